The number of hydrogen-bond donors (Lipinski definition) is 0. The Bertz CT molecular complexity index is 8630. The maximum absolute atomic E-state index is 6.91. The molecule has 9 aromatic carbocycles. The number of thiophene rings is 6. The molecular formula is C97H68N6O5S6. The number of fused-ring (bicyclic) bond motifs is 39. The van der Waals surface area contributed by atoms with Crippen LogP contribution in [0.2, 0.25) is 0 Å². The SMILES string of the molecule is Cc1ccc(-n2c3c(c4ccc(C)cc42)Cc2c-3sc3c2sc2c3oc3c4ccc(C)cc4n(-c4ccc(C)cc4)c32)cc1.Cc1ccc(-n2c3cc(C)ccc3c3oc4c5sc6c(oc7c8ccc(C)cc8n(C)c76)c5sc4c32)cc1.Cc1ccc2c(c1)oc1c3sc4c(sc5c6oc7cc(C)ccc7c6n(C)c54)c3n(C)c21. The Hall–Kier alpha value is -11.8. The van der Waals surface area contributed by atoms with E-state index in [1.807, 2.05) is 45.3 Å². The van der Waals surface area contributed by atoms with Crippen LogP contribution in [0.25, 0.3) is 228 Å². The Morgan fingerprint density at radius 1 is 0.237 bits per heavy atom. The summed E-state index contributed by atoms with van der Waals surface area (Å²) in [6.45, 7) is 19.3. The van der Waals surface area contributed by atoms with Gasteiger partial charge in [0, 0.05) is 76.9 Å². The number of benzene rings is 9. The van der Waals surface area contributed by atoms with Gasteiger partial charge in [-0.25, -0.2) is 0 Å². The highest BCUT2D eigenvalue weighted by molar-refractivity contribution is 7.38. The zero-order chi connectivity index (χ0) is 76.3. The second-order valence-corrected chi connectivity index (χ2v) is 38.0. The topological polar surface area (TPSA) is 95.3 Å². The van der Waals surface area contributed by atoms with E-state index in [4.69, 9.17) is 22.1 Å². The molecule has 114 heavy (non-hydrogen) atoms. The lowest BCUT2D eigenvalue weighted by Gasteiger charge is -2.11. The van der Waals surface area contributed by atoms with Gasteiger partial charge in [-0.2, -0.15) is 0 Å². The smallest absolute Gasteiger partial charge is 0.171 e. The molecule has 17 heterocycles. The van der Waals surface area contributed by atoms with Crippen LogP contribution < -0.4 is 0 Å². The van der Waals surface area contributed by atoms with Crippen molar-refractivity contribution in [1.82, 2.24) is 27.4 Å². The molecule has 17 aromatic heterocycles. The Kier molecular flexibility index (Phi) is 13.3. The van der Waals surface area contributed by atoms with Crippen molar-refractivity contribution in [3.8, 4) is 27.6 Å². The van der Waals surface area contributed by atoms with Gasteiger partial charge < -0.3 is 49.5 Å². The average molecular weight is 1590 g/mol. The second-order valence-electron chi connectivity index (χ2n) is 31.9. The average Bonchev–Trinajstić information content (AvgIpc) is 1.55. The third-order valence-corrected chi connectivity index (χ3v) is 31.9. The molecule has 0 fully saturated rings. The van der Waals surface area contributed by atoms with Crippen LogP contribution in [0, 0.1) is 62.3 Å². The van der Waals surface area contributed by atoms with Crippen molar-refractivity contribution in [3.63, 3.8) is 0 Å². The summed E-state index contributed by atoms with van der Waals surface area (Å²) in [5, 5.41) is 7.21. The molecule has 0 amide bonds. The van der Waals surface area contributed by atoms with Gasteiger partial charge >= 0.3 is 0 Å². The normalized spacial score (nSPS) is 12.9. The molecule has 17 heteroatoms. The van der Waals surface area contributed by atoms with Crippen LogP contribution in [0.15, 0.2) is 204 Å². The van der Waals surface area contributed by atoms with Crippen LogP contribution in [0.1, 0.15) is 61.2 Å². The number of hydrogen-bond acceptors (Lipinski definition) is 11. The Morgan fingerprint density at radius 3 is 1.03 bits per heavy atom. The van der Waals surface area contributed by atoms with E-state index in [0.29, 0.717) is 0 Å². The van der Waals surface area contributed by atoms with Crippen LogP contribution in [-0.2, 0) is 27.6 Å². The third kappa shape index (κ3) is 8.72. The molecule has 0 radical (unpaired) electrons. The zero-order valence-electron chi connectivity index (χ0n) is 64.2. The van der Waals surface area contributed by atoms with E-state index in [1.165, 1.54) is 217 Å². The minimum atomic E-state index is 0.954. The van der Waals surface area contributed by atoms with Gasteiger partial charge in [0.2, 0.25) is 0 Å². The first kappa shape index (κ1) is 65.7. The Labute approximate surface area is 673 Å². The van der Waals surface area contributed by atoms with Crippen molar-refractivity contribution >= 4 is 269 Å². The molecule has 0 N–H and O–H groups in total. The third-order valence-electron chi connectivity index (χ3n) is 24.3. The summed E-state index contributed by atoms with van der Waals surface area (Å²) >= 11 is 11.1. The molecule has 0 unspecified atom stereocenters. The highest BCUT2D eigenvalue weighted by Gasteiger charge is 2.36. The number of nitrogens with zero attached hydrogens (tertiary/aromatic N) is 6. The monoisotopic (exact) mass is 1590 g/mol. The Balaban J connectivity index is 0.0000000976. The van der Waals surface area contributed by atoms with Crippen molar-refractivity contribution in [1.29, 1.82) is 0 Å². The highest BCUT2D eigenvalue weighted by atomic mass is 32.1. The highest BCUT2D eigenvalue weighted by Crippen LogP contribution is 2.59. The molecule has 0 bridgehead atoms. The van der Waals surface area contributed by atoms with E-state index >= 15 is 0 Å². The predicted octanol–water partition coefficient (Wildman–Crippen LogP) is 30.0. The van der Waals surface area contributed by atoms with Gasteiger partial charge in [0.05, 0.1) is 106 Å². The van der Waals surface area contributed by atoms with E-state index < -0.39 is 0 Å². The molecule has 1 aliphatic rings. The van der Waals surface area contributed by atoms with Crippen molar-refractivity contribution in [2.24, 2.45) is 21.1 Å². The summed E-state index contributed by atoms with van der Waals surface area (Å²) < 4.78 is 61.0. The van der Waals surface area contributed by atoms with Gasteiger partial charge in [0.25, 0.3) is 0 Å². The van der Waals surface area contributed by atoms with Crippen molar-refractivity contribution in [2.45, 2.75) is 68.7 Å². The van der Waals surface area contributed by atoms with Gasteiger partial charge in [-0.15, -0.1) is 68.0 Å². The van der Waals surface area contributed by atoms with Gasteiger partial charge in [-0.1, -0.05) is 95.6 Å². The fraction of sp³-hybridized carbons (Fsp3) is 0.134. The summed E-state index contributed by atoms with van der Waals surface area (Å²) in [6, 6.07) is 66.4. The van der Waals surface area contributed by atoms with E-state index in [-0.39, 0.29) is 0 Å². The molecule has 11 nitrogen and oxygen atoms in total. The van der Waals surface area contributed by atoms with Crippen LogP contribution >= 0.6 is 68.0 Å². The van der Waals surface area contributed by atoms with Crippen molar-refractivity contribution in [2.75, 3.05) is 0 Å². The molecule has 0 spiro atoms. The molecule has 552 valence electrons. The van der Waals surface area contributed by atoms with Gasteiger partial charge in [0.1, 0.15) is 27.7 Å². The largest absolute Gasteiger partial charge is 0.453 e. The summed E-state index contributed by atoms with van der Waals surface area (Å²) in [7, 11) is 6.47. The summed E-state index contributed by atoms with van der Waals surface area (Å²) in [5.74, 6) is 0. The lowest BCUT2D eigenvalue weighted by atomic mass is 10.1. The van der Waals surface area contributed by atoms with E-state index in [2.05, 4.69) is 293 Å². The minimum absolute atomic E-state index is 0.954. The van der Waals surface area contributed by atoms with Crippen molar-refractivity contribution in [3.05, 3.63) is 243 Å². The fourth-order valence-electron chi connectivity index (χ4n) is 18.8. The molecule has 0 saturated carbocycles. The molecular weight excluding hydrogens is 1520 g/mol. The first-order valence-corrected chi connectivity index (χ1v) is 43.4. The van der Waals surface area contributed by atoms with Gasteiger partial charge in [-0.05, 0) is 210 Å². The van der Waals surface area contributed by atoms with Gasteiger partial charge in [-0.3, -0.25) is 0 Å². The first-order valence-electron chi connectivity index (χ1n) is 38.5. The zero-order valence-corrected chi connectivity index (χ0v) is 69.1. The predicted molar refractivity (Wildman–Crippen MR) is 486 cm³/mol. The lowest BCUT2D eigenvalue weighted by molar-refractivity contribution is 0.672. The molecule has 0 atom stereocenters. The fourth-order valence-corrected chi connectivity index (χ4v) is 27.4. The number of rotatable bonds is 3. The number of furan rings is 5. The Morgan fingerprint density at radius 2 is 0.570 bits per heavy atom. The quantitative estimate of drug-likeness (QED) is 0.176. The van der Waals surface area contributed by atoms with Crippen molar-refractivity contribution < 1.29 is 22.1 Å². The summed E-state index contributed by atoms with van der Waals surface area (Å²) in [4.78, 5) is 1.39. The van der Waals surface area contributed by atoms with Crippen LogP contribution in [-0.4, -0.2) is 27.4 Å². The van der Waals surface area contributed by atoms with Crippen LogP contribution in [0.4, 0.5) is 0 Å². The second kappa shape index (κ2) is 23.0. The molecule has 1 aliphatic carbocycles. The van der Waals surface area contributed by atoms with E-state index in [1.54, 1.807) is 22.7 Å². The summed E-state index contributed by atoms with van der Waals surface area (Å²) in [5.41, 5.74) is 42.2. The molecule has 26 aromatic rings. The maximum Gasteiger partial charge on any atom is 0.171 e. The number of aromatic nitrogens is 6. The van der Waals surface area contributed by atoms with Crippen LogP contribution in [0.5, 0.6) is 0 Å². The molecule has 0 saturated heterocycles. The molecule has 0 aliphatic heterocycles. The lowest BCUT2D eigenvalue weighted by Crippen LogP contribution is -1.96. The molecule has 27 rings (SSSR count). The van der Waals surface area contributed by atoms with E-state index in [9.17, 15) is 0 Å². The summed E-state index contributed by atoms with van der Waals surface area (Å²) in [6.07, 6.45) is 0.954. The first-order chi connectivity index (χ1) is 55.4. The maximum atomic E-state index is 6.91. The van der Waals surface area contributed by atoms with E-state index in [0.717, 1.165) is 78.8 Å². The van der Waals surface area contributed by atoms with Crippen LogP contribution in [0.3, 0.4) is 0 Å². The standard InChI is InChI=1S/C39H28N2OS2.C32H22N2O2S2.C26H18N2O2S2/c1-20-5-11-24(12-6-20)40-30-17-22(3)9-15-26(30)28-19-29-36(32(28)40)43-39-35-38(44-37(29)39)33-34(42-35)27-16-10-23(4)18-31(27)41(33)25-13-7-21(2)8-14-25;1-15-5-9-18(10-6-15)34-22-14-17(3)8-12-20(22)26-24(34)30-28(36-26)32-31(38-30)27-29(37-32)23-25(35-27)19-11-7-16(2)13-21(19)33(23)4;1-11-5-7-13-15(9-11)29-21-17(13)27(3)19-23(21)31-26-20-24(32-25(19)26)22-18(28(20)4)14-8-6-12(2)10-16(14)30-22/h5-18H,19H2,1-4H3;5-14H,1-4H3;5-10H,1-4H3. The van der Waals surface area contributed by atoms with Gasteiger partial charge in [0.15, 0.2) is 44.7 Å². The minimum Gasteiger partial charge on any atom is -0.453 e. The number of aryl methyl sites for hydroxylation is 12.